The van der Waals surface area contributed by atoms with Gasteiger partial charge in [-0.1, -0.05) is 28.1 Å². The van der Waals surface area contributed by atoms with Gasteiger partial charge in [0.05, 0.1) is 5.69 Å². The Morgan fingerprint density at radius 2 is 1.89 bits per heavy atom. The SMILES string of the molecule is CN1CCN(c2nc3c(c(=O)[nH]2)CCN(Cc2cccc(Br)c2)CC3)CC1. The van der Waals surface area contributed by atoms with Gasteiger partial charge in [0.1, 0.15) is 0 Å². The lowest BCUT2D eigenvalue weighted by atomic mass is 10.1. The van der Waals surface area contributed by atoms with Crippen LogP contribution in [0, 0.1) is 0 Å². The first-order valence-corrected chi connectivity index (χ1v) is 10.4. The van der Waals surface area contributed by atoms with Crippen molar-refractivity contribution in [2.75, 3.05) is 51.2 Å². The molecule has 7 heteroatoms. The largest absolute Gasteiger partial charge is 0.340 e. The number of H-pyrrole nitrogens is 1. The van der Waals surface area contributed by atoms with Gasteiger partial charge >= 0.3 is 0 Å². The Hall–Kier alpha value is -1.70. The van der Waals surface area contributed by atoms with Gasteiger partial charge in [-0.3, -0.25) is 14.7 Å². The Kier molecular flexibility index (Phi) is 5.61. The number of aromatic nitrogens is 2. The van der Waals surface area contributed by atoms with E-state index in [4.69, 9.17) is 4.98 Å². The molecule has 3 heterocycles. The average molecular weight is 432 g/mol. The molecule has 1 aromatic carbocycles. The van der Waals surface area contributed by atoms with Crippen molar-refractivity contribution < 1.29 is 0 Å². The molecule has 0 saturated carbocycles. The fourth-order valence-corrected chi connectivity index (χ4v) is 4.31. The molecule has 2 aliphatic rings. The topological polar surface area (TPSA) is 55.5 Å². The number of benzene rings is 1. The van der Waals surface area contributed by atoms with Crippen LogP contribution in [0.4, 0.5) is 5.95 Å². The second kappa shape index (κ2) is 8.12. The molecule has 0 spiro atoms. The number of piperazine rings is 1. The summed E-state index contributed by atoms with van der Waals surface area (Å²) in [6.07, 6.45) is 1.59. The van der Waals surface area contributed by atoms with E-state index < -0.39 is 0 Å². The molecular weight excluding hydrogens is 406 g/mol. The number of hydrogen-bond donors (Lipinski definition) is 1. The summed E-state index contributed by atoms with van der Waals surface area (Å²) >= 11 is 3.54. The van der Waals surface area contributed by atoms with Crippen molar-refractivity contribution in [1.82, 2.24) is 19.8 Å². The Balaban J connectivity index is 1.49. The minimum Gasteiger partial charge on any atom is -0.340 e. The van der Waals surface area contributed by atoms with E-state index >= 15 is 0 Å². The molecule has 1 fully saturated rings. The minimum absolute atomic E-state index is 0.0400. The molecule has 0 bridgehead atoms. The van der Waals surface area contributed by atoms with E-state index in [9.17, 15) is 4.79 Å². The van der Waals surface area contributed by atoms with Crippen molar-refractivity contribution in [1.29, 1.82) is 0 Å². The molecule has 0 atom stereocenters. The number of anilines is 1. The lowest BCUT2D eigenvalue weighted by molar-refractivity contribution is 0.279. The molecule has 1 N–H and O–H groups in total. The van der Waals surface area contributed by atoms with Crippen molar-refractivity contribution in [2.45, 2.75) is 19.4 Å². The highest BCUT2D eigenvalue weighted by atomic mass is 79.9. The lowest BCUT2D eigenvalue weighted by Gasteiger charge is -2.32. The minimum atomic E-state index is 0.0400. The first-order valence-electron chi connectivity index (χ1n) is 9.61. The van der Waals surface area contributed by atoms with E-state index in [1.54, 1.807) is 0 Å². The quantitative estimate of drug-likeness (QED) is 0.803. The fourth-order valence-electron chi connectivity index (χ4n) is 3.86. The van der Waals surface area contributed by atoms with Crippen molar-refractivity contribution in [3.63, 3.8) is 0 Å². The van der Waals surface area contributed by atoms with Crippen LogP contribution < -0.4 is 10.5 Å². The monoisotopic (exact) mass is 431 g/mol. The van der Waals surface area contributed by atoms with Crippen LogP contribution >= 0.6 is 15.9 Å². The Bertz CT molecular complexity index is 860. The summed E-state index contributed by atoms with van der Waals surface area (Å²) in [7, 11) is 2.13. The van der Waals surface area contributed by atoms with Gasteiger partial charge < -0.3 is 9.80 Å². The van der Waals surface area contributed by atoms with Crippen molar-refractivity contribution in [3.8, 4) is 0 Å². The van der Waals surface area contributed by atoms with E-state index in [0.717, 1.165) is 80.3 Å². The highest BCUT2D eigenvalue weighted by molar-refractivity contribution is 9.10. The van der Waals surface area contributed by atoms with Gasteiger partial charge in [-0.25, -0.2) is 4.98 Å². The molecule has 2 aliphatic heterocycles. The number of hydrogen-bond acceptors (Lipinski definition) is 5. The molecular formula is C20H26BrN5O. The highest BCUT2D eigenvalue weighted by Gasteiger charge is 2.22. The number of nitrogens with zero attached hydrogens (tertiary/aromatic N) is 4. The van der Waals surface area contributed by atoms with E-state index in [2.05, 4.69) is 60.9 Å². The third-order valence-electron chi connectivity index (χ3n) is 5.53. The Morgan fingerprint density at radius 1 is 1.11 bits per heavy atom. The zero-order valence-corrected chi connectivity index (χ0v) is 17.3. The summed E-state index contributed by atoms with van der Waals surface area (Å²) in [5.74, 6) is 0.743. The van der Waals surface area contributed by atoms with E-state index in [1.165, 1.54) is 5.56 Å². The number of halogens is 1. The standard InChI is InChI=1S/C20H26BrN5O/c1-24-9-11-26(12-10-24)20-22-18-6-8-25(7-5-17(18)19(27)23-20)14-15-3-2-4-16(21)13-15/h2-4,13H,5-12,14H2,1H3,(H,22,23,27). The molecule has 27 heavy (non-hydrogen) atoms. The third kappa shape index (κ3) is 4.42. The molecule has 1 saturated heterocycles. The predicted molar refractivity (Wildman–Crippen MR) is 111 cm³/mol. The maximum Gasteiger partial charge on any atom is 0.255 e. The summed E-state index contributed by atoms with van der Waals surface area (Å²) < 4.78 is 1.10. The Morgan fingerprint density at radius 3 is 2.67 bits per heavy atom. The highest BCUT2D eigenvalue weighted by Crippen LogP contribution is 2.18. The average Bonchev–Trinajstić information content (AvgIpc) is 2.85. The zero-order chi connectivity index (χ0) is 18.8. The molecule has 144 valence electrons. The molecule has 1 aromatic heterocycles. The van der Waals surface area contributed by atoms with Gasteiger partial charge in [0.25, 0.3) is 5.56 Å². The van der Waals surface area contributed by atoms with Gasteiger partial charge in [0.15, 0.2) is 0 Å². The summed E-state index contributed by atoms with van der Waals surface area (Å²) in [5.41, 5.74) is 3.17. The van der Waals surface area contributed by atoms with Crippen LogP contribution in [0.3, 0.4) is 0 Å². The van der Waals surface area contributed by atoms with Crippen LogP contribution in [0.2, 0.25) is 0 Å². The smallest absolute Gasteiger partial charge is 0.255 e. The van der Waals surface area contributed by atoms with E-state index in [1.807, 2.05) is 6.07 Å². The third-order valence-corrected chi connectivity index (χ3v) is 6.02. The predicted octanol–water partition coefficient (Wildman–Crippen LogP) is 1.89. The first kappa shape index (κ1) is 18.7. The molecule has 0 radical (unpaired) electrons. The van der Waals surface area contributed by atoms with Crippen molar-refractivity contribution in [3.05, 3.63) is 55.9 Å². The van der Waals surface area contributed by atoms with Crippen LogP contribution in [0.15, 0.2) is 33.5 Å². The Labute approximate surface area is 168 Å². The van der Waals surface area contributed by atoms with Gasteiger partial charge in [0, 0.05) is 62.3 Å². The second-order valence-electron chi connectivity index (χ2n) is 7.51. The lowest BCUT2D eigenvalue weighted by Crippen LogP contribution is -2.45. The molecule has 0 amide bonds. The van der Waals surface area contributed by atoms with Crippen molar-refractivity contribution in [2.24, 2.45) is 0 Å². The van der Waals surface area contributed by atoms with Crippen LogP contribution in [0.1, 0.15) is 16.8 Å². The number of likely N-dealkylation sites (N-methyl/N-ethyl adjacent to an activating group) is 1. The second-order valence-corrected chi connectivity index (χ2v) is 8.43. The van der Waals surface area contributed by atoms with Crippen molar-refractivity contribution >= 4 is 21.9 Å². The molecule has 0 unspecified atom stereocenters. The van der Waals surface area contributed by atoms with Gasteiger partial charge in [-0.2, -0.15) is 0 Å². The number of nitrogens with one attached hydrogen (secondary N) is 1. The number of aromatic amines is 1. The summed E-state index contributed by atoms with van der Waals surface area (Å²) in [6, 6.07) is 8.43. The van der Waals surface area contributed by atoms with Gasteiger partial charge in [-0.05, 0) is 31.2 Å². The fraction of sp³-hybridized carbons (Fsp3) is 0.500. The van der Waals surface area contributed by atoms with Gasteiger partial charge in [0.2, 0.25) is 5.95 Å². The van der Waals surface area contributed by atoms with Gasteiger partial charge in [-0.15, -0.1) is 0 Å². The molecule has 4 rings (SSSR count). The number of fused-ring (bicyclic) bond motifs is 1. The van der Waals surface area contributed by atoms with Crippen LogP contribution in [0.5, 0.6) is 0 Å². The first-order chi connectivity index (χ1) is 13.1. The molecule has 2 aromatic rings. The van der Waals surface area contributed by atoms with E-state index in [0.29, 0.717) is 0 Å². The van der Waals surface area contributed by atoms with Crippen LogP contribution in [-0.4, -0.2) is 66.1 Å². The maximum atomic E-state index is 12.7. The normalized spacial score (nSPS) is 19.0. The van der Waals surface area contributed by atoms with Crippen LogP contribution in [-0.2, 0) is 19.4 Å². The van der Waals surface area contributed by atoms with Crippen LogP contribution in [0.25, 0.3) is 0 Å². The summed E-state index contributed by atoms with van der Waals surface area (Å²) in [6.45, 7) is 6.54. The summed E-state index contributed by atoms with van der Waals surface area (Å²) in [4.78, 5) is 27.5. The maximum absolute atomic E-state index is 12.7. The van der Waals surface area contributed by atoms with E-state index in [-0.39, 0.29) is 5.56 Å². The summed E-state index contributed by atoms with van der Waals surface area (Å²) in [5, 5.41) is 0. The molecule has 0 aliphatic carbocycles. The zero-order valence-electron chi connectivity index (χ0n) is 15.7. The molecule has 6 nitrogen and oxygen atoms in total. The number of rotatable bonds is 3.